The molecule has 0 saturated carbocycles. The number of carbonyl (C=O) groups excluding carboxylic acids is 1. The molecular formula is C18H18Cl2N2OS. The van der Waals surface area contributed by atoms with Crippen molar-refractivity contribution in [3.8, 4) is 0 Å². The Bertz CT molecular complexity index is 847. The first kappa shape index (κ1) is 17.5. The van der Waals surface area contributed by atoms with Crippen molar-refractivity contribution in [1.29, 1.82) is 0 Å². The Morgan fingerprint density at radius 3 is 2.79 bits per heavy atom. The molecule has 3 rings (SSSR count). The molecule has 6 heteroatoms. The third-order valence-corrected chi connectivity index (χ3v) is 6.29. The molecule has 126 valence electrons. The molecule has 0 aliphatic heterocycles. The van der Waals surface area contributed by atoms with Crippen LogP contribution in [0.1, 0.15) is 29.8 Å². The van der Waals surface area contributed by atoms with Crippen molar-refractivity contribution in [2.45, 2.75) is 25.3 Å². The molecule has 2 heterocycles. The average molecular weight is 381 g/mol. The Kier molecular flexibility index (Phi) is 5.30. The molecule has 0 spiro atoms. The zero-order valence-electron chi connectivity index (χ0n) is 13.1. The van der Waals surface area contributed by atoms with Gasteiger partial charge in [0, 0.05) is 6.04 Å². The van der Waals surface area contributed by atoms with Gasteiger partial charge in [-0.1, -0.05) is 48.5 Å². The first-order valence-corrected chi connectivity index (χ1v) is 9.30. The van der Waals surface area contributed by atoms with Gasteiger partial charge in [0.2, 0.25) is 0 Å². The van der Waals surface area contributed by atoms with Crippen LogP contribution < -0.4 is 5.32 Å². The van der Waals surface area contributed by atoms with Crippen LogP contribution >= 0.6 is 34.5 Å². The van der Waals surface area contributed by atoms with Gasteiger partial charge < -0.3 is 10.3 Å². The predicted octanol–water partition coefficient (Wildman–Crippen LogP) is 5.53. The highest BCUT2D eigenvalue weighted by molar-refractivity contribution is 7.23. The van der Waals surface area contributed by atoms with Crippen molar-refractivity contribution in [2.75, 3.05) is 6.54 Å². The molecule has 3 nitrogen and oxygen atoms in total. The summed E-state index contributed by atoms with van der Waals surface area (Å²) in [6, 6.07) is 2.09. The van der Waals surface area contributed by atoms with Gasteiger partial charge in [-0.3, -0.25) is 4.79 Å². The van der Waals surface area contributed by atoms with Gasteiger partial charge in [0.1, 0.15) is 4.34 Å². The van der Waals surface area contributed by atoms with E-state index in [2.05, 4.69) is 23.5 Å². The topological polar surface area (TPSA) is 44.9 Å². The molecule has 2 N–H and O–H groups in total. The second-order valence-electron chi connectivity index (χ2n) is 5.81. The van der Waals surface area contributed by atoms with E-state index in [9.17, 15) is 4.79 Å². The number of allylic oxidation sites excluding steroid dienone is 3. The molecule has 1 atom stereocenters. The maximum Gasteiger partial charge on any atom is 0.192 e. The largest absolute Gasteiger partial charge is 0.350 e. The van der Waals surface area contributed by atoms with Gasteiger partial charge in [-0.05, 0) is 36.5 Å². The van der Waals surface area contributed by atoms with E-state index >= 15 is 0 Å². The second-order valence-corrected chi connectivity index (χ2v) is 7.85. The molecule has 1 aliphatic rings. The summed E-state index contributed by atoms with van der Waals surface area (Å²) in [5, 5.41) is 3.83. The van der Waals surface area contributed by atoms with Gasteiger partial charge in [0.15, 0.2) is 5.78 Å². The summed E-state index contributed by atoms with van der Waals surface area (Å²) in [5.41, 5.74) is 3.76. The Labute approximate surface area is 155 Å². The fourth-order valence-electron chi connectivity index (χ4n) is 3.01. The number of rotatable bonds is 6. The third-order valence-electron chi connectivity index (χ3n) is 4.36. The van der Waals surface area contributed by atoms with Crippen molar-refractivity contribution in [1.82, 2.24) is 10.3 Å². The van der Waals surface area contributed by atoms with Crippen LogP contribution in [-0.4, -0.2) is 23.4 Å². The summed E-state index contributed by atoms with van der Waals surface area (Å²) >= 11 is 13.5. The predicted molar refractivity (Wildman–Crippen MR) is 104 cm³/mol. The number of fused-ring (bicyclic) bond motifs is 1. The molecule has 0 amide bonds. The number of Topliss-reactive ketones (excluding diaryl/α,β-unsaturated/α-hetero) is 1. The Morgan fingerprint density at radius 2 is 2.12 bits per heavy atom. The van der Waals surface area contributed by atoms with E-state index in [0.717, 1.165) is 29.5 Å². The number of H-pyrrole nitrogens is 1. The van der Waals surface area contributed by atoms with Gasteiger partial charge in [0.05, 0.1) is 27.5 Å². The van der Waals surface area contributed by atoms with E-state index in [1.807, 2.05) is 18.2 Å². The number of nitrogens with one attached hydrogen (secondary N) is 2. The molecular weight excluding hydrogens is 363 g/mol. The van der Waals surface area contributed by atoms with Crippen molar-refractivity contribution in [2.24, 2.45) is 0 Å². The molecule has 0 fully saturated rings. The number of halogens is 2. The maximum atomic E-state index is 12.4. The monoisotopic (exact) mass is 380 g/mol. The van der Waals surface area contributed by atoms with E-state index in [4.69, 9.17) is 23.2 Å². The number of ketones is 1. The highest BCUT2D eigenvalue weighted by Crippen LogP contribution is 2.38. The number of carbonyl (C=O) groups is 1. The van der Waals surface area contributed by atoms with Gasteiger partial charge >= 0.3 is 0 Å². The van der Waals surface area contributed by atoms with Crippen LogP contribution in [0.15, 0.2) is 42.5 Å². The maximum absolute atomic E-state index is 12.4. The van der Waals surface area contributed by atoms with Crippen molar-refractivity contribution in [3.05, 3.63) is 57.6 Å². The number of thiophene rings is 1. The Hall–Kier alpha value is -1.33. The first-order valence-electron chi connectivity index (χ1n) is 7.73. The van der Waals surface area contributed by atoms with E-state index < -0.39 is 0 Å². The zero-order valence-corrected chi connectivity index (χ0v) is 15.5. The SMILES string of the molecule is C=CC1=C(C=C)C[C@H](NCC(=O)c2cc3sc(Cl)c(Cl)c3[nH]2)CC1. The minimum absolute atomic E-state index is 0.0178. The highest BCUT2D eigenvalue weighted by Gasteiger charge is 2.20. The lowest BCUT2D eigenvalue weighted by atomic mass is 9.88. The Balaban J connectivity index is 1.64. The molecule has 2 aromatic rings. The molecule has 0 aromatic carbocycles. The summed E-state index contributed by atoms with van der Waals surface area (Å²) in [5.74, 6) is 0.0178. The minimum atomic E-state index is 0.0178. The lowest BCUT2D eigenvalue weighted by molar-refractivity contribution is 0.0982. The fourth-order valence-corrected chi connectivity index (χ4v) is 4.49. The summed E-state index contributed by atoms with van der Waals surface area (Å²) in [7, 11) is 0. The van der Waals surface area contributed by atoms with Crippen LogP contribution in [0.2, 0.25) is 9.36 Å². The standard InChI is InChI=1S/C18H18Cl2N2OS/c1-3-10-5-6-12(7-11(10)4-2)21-9-14(23)13-8-15-17(22-13)16(19)18(20)24-15/h3-4,8,12,21-22H,1-2,5-7,9H2/t12-/m1/s1. The van der Waals surface area contributed by atoms with Crippen LogP contribution in [0.4, 0.5) is 0 Å². The van der Waals surface area contributed by atoms with Gasteiger partial charge in [-0.25, -0.2) is 0 Å². The van der Waals surface area contributed by atoms with Crippen LogP contribution in [0.5, 0.6) is 0 Å². The third kappa shape index (κ3) is 3.38. The molecule has 0 saturated heterocycles. The van der Waals surface area contributed by atoms with Gasteiger partial charge in [-0.15, -0.1) is 11.3 Å². The van der Waals surface area contributed by atoms with E-state index in [1.54, 1.807) is 0 Å². The van der Waals surface area contributed by atoms with Crippen molar-refractivity contribution in [3.63, 3.8) is 0 Å². The summed E-state index contributed by atoms with van der Waals surface area (Å²) < 4.78 is 1.44. The summed E-state index contributed by atoms with van der Waals surface area (Å²) in [6.45, 7) is 8.00. The van der Waals surface area contributed by atoms with Crippen molar-refractivity contribution >= 4 is 50.5 Å². The first-order chi connectivity index (χ1) is 11.5. The van der Waals surface area contributed by atoms with E-state index in [-0.39, 0.29) is 18.4 Å². The summed E-state index contributed by atoms with van der Waals surface area (Å²) in [6.07, 6.45) is 6.62. The van der Waals surface area contributed by atoms with Crippen LogP contribution in [0, 0.1) is 0 Å². The number of hydrogen-bond donors (Lipinski definition) is 2. The van der Waals surface area contributed by atoms with Crippen LogP contribution in [0.25, 0.3) is 10.2 Å². The average Bonchev–Trinajstić information content (AvgIpc) is 3.12. The lowest BCUT2D eigenvalue weighted by Gasteiger charge is -2.25. The van der Waals surface area contributed by atoms with E-state index in [1.165, 1.54) is 22.5 Å². The van der Waals surface area contributed by atoms with Crippen LogP contribution in [0.3, 0.4) is 0 Å². The summed E-state index contributed by atoms with van der Waals surface area (Å²) in [4.78, 5) is 15.5. The van der Waals surface area contributed by atoms with Crippen molar-refractivity contribution < 1.29 is 4.79 Å². The smallest absolute Gasteiger partial charge is 0.192 e. The molecule has 0 unspecified atom stereocenters. The minimum Gasteiger partial charge on any atom is -0.350 e. The fraction of sp³-hybridized carbons (Fsp3) is 0.278. The molecule has 1 aliphatic carbocycles. The molecule has 0 radical (unpaired) electrons. The quantitative estimate of drug-likeness (QED) is 0.647. The molecule has 0 bridgehead atoms. The zero-order chi connectivity index (χ0) is 17.3. The van der Waals surface area contributed by atoms with E-state index in [0.29, 0.717) is 15.1 Å². The lowest BCUT2D eigenvalue weighted by Crippen LogP contribution is -2.35. The molecule has 24 heavy (non-hydrogen) atoms. The normalized spacial score (nSPS) is 18.2. The number of aromatic nitrogens is 1. The number of aromatic amines is 1. The van der Waals surface area contributed by atoms with Crippen LogP contribution in [-0.2, 0) is 0 Å². The number of hydrogen-bond acceptors (Lipinski definition) is 3. The van der Waals surface area contributed by atoms with Gasteiger partial charge in [0.25, 0.3) is 0 Å². The second kappa shape index (κ2) is 7.28. The Morgan fingerprint density at radius 1 is 1.38 bits per heavy atom. The van der Waals surface area contributed by atoms with Gasteiger partial charge in [-0.2, -0.15) is 0 Å². The highest BCUT2D eigenvalue weighted by atomic mass is 35.5. The molecule has 2 aromatic heterocycles.